The van der Waals surface area contributed by atoms with E-state index in [2.05, 4.69) is 79.2 Å². The van der Waals surface area contributed by atoms with Crippen LogP contribution >= 0.6 is 0 Å². The number of ether oxygens (including phenoxy) is 1. The number of piperidine rings is 2. The summed E-state index contributed by atoms with van der Waals surface area (Å²) in [5, 5.41) is 2.19. The molecule has 0 saturated carbocycles. The molecule has 0 aliphatic carbocycles. The number of hydrogen-bond donors (Lipinski definition) is 0. The third kappa shape index (κ3) is 15.9. The monoisotopic (exact) mass is 705 g/mol. The predicted octanol–water partition coefficient (Wildman–Crippen LogP) is 12.2. The van der Waals surface area contributed by atoms with Crippen molar-refractivity contribution in [1.82, 2.24) is 9.96 Å². The van der Waals surface area contributed by atoms with E-state index in [4.69, 9.17) is 9.57 Å². The number of carbonyl (C=O) groups is 2. The molecule has 6 nitrogen and oxygen atoms in total. The standard InChI is InChI=1S/C44H84N2O4/c1-11-13-15-17-23-27-31-45-41(3,4)33-37(34-42(45,5)6)39(47)29-25-21-19-20-22-26-30-40(48)50-38-35-43(7,8)46(44(9,10)36-38)49-32-28-24-18-16-14-12-2/h37-38H,11-36H2,1-10H3. The lowest BCUT2D eigenvalue weighted by molar-refractivity contribution is -0.293. The van der Waals surface area contributed by atoms with Gasteiger partial charge in [0.25, 0.3) is 0 Å². The number of esters is 1. The first-order valence-electron chi connectivity index (χ1n) is 21.5. The predicted molar refractivity (Wildman–Crippen MR) is 211 cm³/mol. The van der Waals surface area contributed by atoms with E-state index in [1.807, 2.05) is 0 Å². The van der Waals surface area contributed by atoms with Crippen LogP contribution in [0, 0.1) is 5.92 Å². The summed E-state index contributed by atoms with van der Waals surface area (Å²) in [6, 6.07) is 0. The van der Waals surface area contributed by atoms with Gasteiger partial charge in [0.15, 0.2) is 0 Å². The first-order valence-corrected chi connectivity index (χ1v) is 21.5. The smallest absolute Gasteiger partial charge is 0.306 e. The molecule has 0 bridgehead atoms. The van der Waals surface area contributed by atoms with Gasteiger partial charge >= 0.3 is 5.97 Å². The van der Waals surface area contributed by atoms with Crippen LogP contribution in [0.25, 0.3) is 0 Å². The number of nitrogens with zero attached hydrogens (tertiary/aromatic N) is 2. The van der Waals surface area contributed by atoms with Crippen molar-refractivity contribution < 1.29 is 19.2 Å². The number of Topliss-reactive ketones (excluding diaryl/α,β-unsaturated/α-hetero) is 1. The second-order valence-electron chi connectivity index (χ2n) is 18.8. The van der Waals surface area contributed by atoms with Crippen LogP contribution in [-0.4, -0.2) is 63.1 Å². The molecule has 0 radical (unpaired) electrons. The largest absolute Gasteiger partial charge is 0.462 e. The van der Waals surface area contributed by atoms with Crippen molar-refractivity contribution in [2.75, 3.05) is 13.2 Å². The van der Waals surface area contributed by atoms with E-state index in [1.165, 1.54) is 70.6 Å². The summed E-state index contributed by atoms with van der Waals surface area (Å²) >= 11 is 0. The molecule has 50 heavy (non-hydrogen) atoms. The molecule has 6 heteroatoms. The Labute approximate surface area is 310 Å². The number of ketones is 1. The molecule has 2 fully saturated rings. The maximum absolute atomic E-state index is 13.3. The van der Waals surface area contributed by atoms with Gasteiger partial charge in [-0.05, 0) is 100 Å². The van der Waals surface area contributed by atoms with Crippen LogP contribution in [0.2, 0.25) is 0 Å². The van der Waals surface area contributed by atoms with E-state index >= 15 is 0 Å². The van der Waals surface area contributed by atoms with Gasteiger partial charge in [-0.2, -0.15) is 5.06 Å². The second-order valence-corrected chi connectivity index (χ2v) is 18.8. The summed E-state index contributed by atoms with van der Waals surface area (Å²) in [6.45, 7) is 24.7. The van der Waals surface area contributed by atoms with Crippen LogP contribution in [0.4, 0.5) is 0 Å². The lowest BCUT2D eigenvalue weighted by atomic mass is 9.71. The quantitative estimate of drug-likeness (QED) is 0.0660. The lowest BCUT2D eigenvalue weighted by Gasteiger charge is -2.55. The Balaban J connectivity index is 1.60. The fourth-order valence-corrected chi connectivity index (χ4v) is 9.57. The van der Waals surface area contributed by atoms with Crippen molar-refractivity contribution in [3.05, 3.63) is 0 Å². The van der Waals surface area contributed by atoms with Crippen molar-refractivity contribution in [2.24, 2.45) is 5.92 Å². The van der Waals surface area contributed by atoms with Gasteiger partial charge in [0.05, 0.1) is 6.61 Å². The third-order valence-electron chi connectivity index (χ3n) is 11.8. The lowest BCUT2D eigenvalue weighted by Crippen LogP contribution is -2.62. The molecule has 0 unspecified atom stereocenters. The number of hydroxylamine groups is 2. The van der Waals surface area contributed by atoms with Gasteiger partial charge in [0.2, 0.25) is 0 Å². The van der Waals surface area contributed by atoms with Gasteiger partial charge in [0, 0.05) is 53.8 Å². The highest BCUT2D eigenvalue weighted by atomic mass is 16.7. The van der Waals surface area contributed by atoms with Crippen molar-refractivity contribution in [3.8, 4) is 0 Å². The number of likely N-dealkylation sites (tertiary alicyclic amines) is 1. The van der Waals surface area contributed by atoms with Crippen molar-refractivity contribution in [3.63, 3.8) is 0 Å². The molecule has 2 saturated heterocycles. The summed E-state index contributed by atoms with van der Waals surface area (Å²) in [7, 11) is 0. The summed E-state index contributed by atoms with van der Waals surface area (Å²) < 4.78 is 6.03. The van der Waals surface area contributed by atoms with Crippen molar-refractivity contribution in [2.45, 2.75) is 252 Å². The van der Waals surface area contributed by atoms with E-state index in [0.29, 0.717) is 12.2 Å². The molecule has 0 aromatic carbocycles. The molecular formula is C44H84N2O4. The minimum Gasteiger partial charge on any atom is -0.462 e. The number of hydrogen-bond acceptors (Lipinski definition) is 6. The zero-order valence-corrected chi connectivity index (χ0v) is 35.1. The van der Waals surface area contributed by atoms with Crippen LogP contribution in [-0.2, 0) is 19.2 Å². The van der Waals surface area contributed by atoms with E-state index in [-0.39, 0.29) is 40.1 Å². The molecule has 0 aromatic rings. The minimum atomic E-state index is -0.187. The van der Waals surface area contributed by atoms with Gasteiger partial charge in [0.1, 0.15) is 11.9 Å². The Kier molecular flexibility index (Phi) is 20.1. The summed E-state index contributed by atoms with van der Waals surface area (Å²) in [5.41, 5.74) is -0.240. The van der Waals surface area contributed by atoms with E-state index in [9.17, 15) is 9.59 Å². The fourth-order valence-electron chi connectivity index (χ4n) is 9.57. The maximum atomic E-state index is 13.3. The van der Waals surface area contributed by atoms with Gasteiger partial charge in [-0.1, -0.05) is 104 Å². The number of unbranched alkanes of at least 4 members (excludes halogenated alkanes) is 15. The highest BCUT2D eigenvalue weighted by molar-refractivity contribution is 5.81. The minimum absolute atomic E-state index is 0.0579. The first-order chi connectivity index (χ1) is 23.6. The fraction of sp³-hybridized carbons (Fsp3) is 0.955. The highest BCUT2D eigenvalue weighted by Gasteiger charge is 2.48. The van der Waals surface area contributed by atoms with E-state index in [0.717, 1.165) is 90.2 Å². The summed E-state index contributed by atoms with van der Waals surface area (Å²) in [4.78, 5) is 35.2. The van der Waals surface area contributed by atoms with Crippen molar-refractivity contribution >= 4 is 11.8 Å². The normalized spacial score (nSPS) is 21.0. The van der Waals surface area contributed by atoms with Gasteiger partial charge in [-0.15, -0.1) is 0 Å². The molecule has 2 aliphatic heterocycles. The zero-order valence-electron chi connectivity index (χ0n) is 35.1. The van der Waals surface area contributed by atoms with E-state index < -0.39 is 0 Å². The van der Waals surface area contributed by atoms with Gasteiger partial charge < -0.3 is 4.74 Å². The highest BCUT2D eigenvalue weighted by Crippen LogP contribution is 2.43. The zero-order chi connectivity index (χ0) is 37.3. The average Bonchev–Trinajstić information content (AvgIpc) is 3.00. The Morgan fingerprint density at radius 3 is 1.50 bits per heavy atom. The van der Waals surface area contributed by atoms with Crippen molar-refractivity contribution in [1.29, 1.82) is 0 Å². The maximum Gasteiger partial charge on any atom is 0.306 e. The molecule has 0 amide bonds. The second kappa shape index (κ2) is 22.3. The van der Waals surface area contributed by atoms with Gasteiger partial charge in [-0.25, -0.2) is 0 Å². The Bertz CT molecular complexity index is 922. The molecule has 294 valence electrons. The molecule has 0 N–H and O–H groups in total. The Morgan fingerprint density at radius 1 is 0.540 bits per heavy atom. The SMILES string of the molecule is CCCCCCCCON1C(C)(C)CC(OC(=O)CCCCCCCCC(=O)C2CC(C)(C)N(CCCCCCCC)C(C)(C)C2)CC1(C)C. The van der Waals surface area contributed by atoms with Crippen LogP contribution in [0.1, 0.15) is 223 Å². The average molecular weight is 705 g/mol. The third-order valence-corrected chi connectivity index (χ3v) is 11.8. The molecule has 2 aliphatic rings. The molecule has 2 rings (SSSR count). The molecule has 2 heterocycles. The molecular weight excluding hydrogens is 620 g/mol. The molecule has 0 aromatic heterocycles. The van der Waals surface area contributed by atoms with Crippen LogP contribution in [0.15, 0.2) is 0 Å². The van der Waals surface area contributed by atoms with Crippen LogP contribution in [0.3, 0.4) is 0 Å². The first kappa shape index (κ1) is 45.2. The van der Waals surface area contributed by atoms with E-state index in [1.54, 1.807) is 0 Å². The molecule has 0 spiro atoms. The van der Waals surface area contributed by atoms with Gasteiger partial charge in [-0.3, -0.25) is 19.3 Å². The Morgan fingerprint density at radius 2 is 0.980 bits per heavy atom. The van der Waals surface area contributed by atoms with Crippen LogP contribution < -0.4 is 0 Å². The number of carbonyl (C=O) groups excluding carboxylic acids is 2. The topological polar surface area (TPSA) is 59.1 Å². The summed E-state index contributed by atoms with van der Waals surface area (Å²) in [5.74, 6) is 0.611. The summed E-state index contributed by atoms with van der Waals surface area (Å²) in [6.07, 6.45) is 26.5. The molecule has 0 atom stereocenters. The van der Waals surface area contributed by atoms with Crippen LogP contribution in [0.5, 0.6) is 0 Å². The Hall–Kier alpha value is -0.980. The number of rotatable bonds is 26.